The zero-order chi connectivity index (χ0) is 17.1. The maximum atomic E-state index is 10.3. The molecular formula is C20H20O4. The van der Waals surface area contributed by atoms with Gasteiger partial charge in [0.05, 0.1) is 6.10 Å². The molecule has 0 bridgehead atoms. The molecule has 0 spiro atoms. The number of rotatable bonds is 1. The summed E-state index contributed by atoms with van der Waals surface area (Å²) in [5.74, 6) is 6.19. The van der Waals surface area contributed by atoms with Crippen LogP contribution in [0.1, 0.15) is 29.7 Å². The topological polar surface area (TPSA) is 69.9 Å². The Balaban J connectivity index is 1.94. The largest absolute Gasteiger partial charge is 0.388 e. The number of hydrogen-bond acceptors (Lipinski definition) is 4. The predicted octanol–water partition coefficient (Wildman–Crippen LogP) is 1.63. The third-order valence-electron chi connectivity index (χ3n) is 4.23. The summed E-state index contributed by atoms with van der Waals surface area (Å²) in [6.45, 7) is 1.67. The SMILES string of the molecule is C[C@@H]1OC(c2ccccc2C#Cc2ccccc2)[C@@H](O)[C@H](O)[C@@H]1O. The molecule has 1 heterocycles. The van der Waals surface area contributed by atoms with Gasteiger partial charge in [-0.15, -0.1) is 0 Å². The molecule has 4 heteroatoms. The van der Waals surface area contributed by atoms with Crippen molar-refractivity contribution in [3.63, 3.8) is 0 Å². The molecule has 1 fully saturated rings. The predicted molar refractivity (Wildman–Crippen MR) is 90.2 cm³/mol. The standard InChI is InChI=1S/C20H20O4/c1-13-17(21)18(22)19(23)20(24-13)16-10-6-5-9-15(16)12-11-14-7-3-2-4-8-14/h2-10,13,17-23H,1H3/t13-,17+,18+,19-,20?/m0/s1. The lowest BCUT2D eigenvalue weighted by Crippen LogP contribution is -2.53. The fourth-order valence-corrected chi connectivity index (χ4v) is 2.83. The Morgan fingerprint density at radius 3 is 2.21 bits per heavy atom. The lowest BCUT2D eigenvalue weighted by molar-refractivity contribution is -0.219. The van der Waals surface area contributed by atoms with E-state index in [0.29, 0.717) is 5.56 Å². The van der Waals surface area contributed by atoms with Gasteiger partial charge in [-0.25, -0.2) is 0 Å². The summed E-state index contributed by atoms with van der Waals surface area (Å²) in [5.41, 5.74) is 2.31. The molecule has 1 aliphatic heterocycles. The highest BCUT2D eigenvalue weighted by Gasteiger charge is 2.42. The Kier molecular flexibility index (Phi) is 4.98. The summed E-state index contributed by atoms with van der Waals surface area (Å²) >= 11 is 0. The van der Waals surface area contributed by atoms with Crippen molar-refractivity contribution in [1.82, 2.24) is 0 Å². The smallest absolute Gasteiger partial charge is 0.113 e. The first kappa shape index (κ1) is 16.7. The maximum Gasteiger partial charge on any atom is 0.113 e. The van der Waals surface area contributed by atoms with E-state index in [-0.39, 0.29) is 0 Å². The molecule has 24 heavy (non-hydrogen) atoms. The lowest BCUT2D eigenvalue weighted by atomic mass is 9.89. The van der Waals surface area contributed by atoms with Gasteiger partial charge in [0.2, 0.25) is 0 Å². The van der Waals surface area contributed by atoms with Crippen molar-refractivity contribution in [2.75, 3.05) is 0 Å². The van der Waals surface area contributed by atoms with Gasteiger partial charge in [-0.3, -0.25) is 0 Å². The van der Waals surface area contributed by atoms with Gasteiger partial charge >= 0.3 is 0 Å². The summed E-state index contributed by atoms with van der Waals surface area (Å²) < 4.78 is 5.73. The molecule has 1 unspecified atom stereocenters. The van der Waals surface area contributed by atoms with Gasteiger partial charge in [0.15, 0.2) is 0 Å². The van der Waals surface area contributed by atoms with Crippen LogP contribution in [-0.4, -0.2) is 39.7 Å². The van der Waals surface area contributed by atoms with Crippen molar-refractivity contribution in [2.45, 2.75) is 37.4 Å². The molecule has 0 aliphatic carbocycles. The van der Waals surface area contributed by atoms with E-state index in [4.69, 9.17) is 4.74 Å². The Morgan fingerprint density at radius 2 is 1.46 bits per heavy atom. The van der Waals surface area contributed by atoms with Crippen LogP contribution in [0, 0.1) is 11.8 Å². The fourth-order valence-electron chi connectivity index (χ4n) is 2.83. The van der Waals surface area contributed by atoms with Crippen LogP contribution in [0.3, 0.4) is 0 Å². The van der Waals surface area contributed by atoms with Crippen LogP contribution < -0.4 is 0 Å². The molecule has 0 amide bonds. The first-order chi connectivity index (χ1) is 11.6. The number of aliphatic hydroxyl groups is 3. The van der Waals surface area contributed by atoms with Crippen LogP contribution in [-0.2, 0) is 4.74 Å². The van der Waals surface area contributed by atoms with Crippen molar-refractivity contribution in [3.8, 4) is 11.8 Å². The number of aliphatic hydroxyl groups excluding tert-OH is 3. The molecule has 3 N–H and O–H groups in total. The van der Waals surface area contributed by atoms with Gasteiger partial charge < -0.3 is 20.1 Å². The zero-order valence-electron chi connectivity index (χ0n) is 13.3. The second-order valence-electron chi connectivity index (χ2n) is 5.94. The average Bonchev–Trinajstić information content (AvgIpc) is 2.62. The second kappa shape index (κ2) is 7.16. The molecule has 3 rings (SSSR count). The van der Waals surface area contributed by atoms with Crippen molar-refractivity contribution >= 4 is 0 Å². The lowest BCUT2D eigenvalue weighted by Gasteiger charge is -2.39. The van der Waals surface area contributed by atoms with E-state index < -0.39 is 30.5 Å². The minimum absolute atomic E-state index is 0.580. The number of benzene rings is 2. The van der Waals surface area contributed by atoms with Crippen LogP contribution in [0.4, 0.5) is 0 Å². The van der Waals surface area contributed by atoms with Gasteiger partial charge in [0, 0.05) is 11.1 Å². The summed E-state index contributed by atoms with van der Waals surface area (Å²) in [6, 6.07) is 17.0. The van der Waals surface area contributed by atoms with Crippen LogP contribution in [0.25, 0.3) is 0 Å². The van der Waals surface area contributed by atoms with Crippen molar-refractivity contribution in [3.05, 3.63) is 71.3 Å². The van der Waals surface area contributed by atoms with Gasteiger partial charge in [0.1, 0.15) is 24.4 Å². The van der Waals surface area contributed by atoms with E-state index in [9.17, 15) is 15.3 Å². The van der Waals surface area contributed by atoms with E-state index in [1.165, 1.54) is 0 Å². The molecule has 0 aromatic heterocycles. The van der Waals surface area contributed by atoms with Crippen molar-refractivity contribution in [2.24, 2.45) is 0 Å². The summed E-state index contributed by atoms with van der Waals surface area (Å²) in [7, 11) is 0. The average molecular weight is 324 g/mol. The van der Waals surface area contributed by atoms with Gasteiger partial charge in [-0.1, -0.05) is 48.2 Å². The molecule has 5 atom stereocenters. The van der Waals surface area contributed by atoms with Crippen LogP contribution in [0.15, 0.2) is 54.6 Å². The minimum atomic E-state index is -1.26. The van der Waals surface area contributed by atoms with E-state index in [2.05, 4.69) is 11.8 Å². The highest BCUT2D eigenvalue weighted by Crippen LogP contribution is 2.33. The highest BCUT2D eigenvalue weighted by molar-refractivity contribution is 5.47. The Labute approximate surface area is 141 Å². The summed E-state index contributed by atoms with van der Waals surface area (Å²) in [6.07, 6.45) is -4.90. The third-order valence-corrected chi connectivity index (χ3v) is 4.23. The van der Waals surface area contributed by atoms with Gasteiger partial charge in [-0.05, 0) is 30.7 Å². The first-order valence-corrected chi connectivity index (χ1v) is 7.93. The zero-order valence-corrected chi connectivity index (χ0v) is 13.3. The van der Waals surface area contributed by atoms with Gasteiger partial charge in [-0.2, -0.15) is 0 Å². The summed E-state index contributed by atoms with van der Waals surface area (Å²) in [4.78, 5) is 0. The Hall–Kier alpha value is -2.16. The fraction of sp³-hybridized carbons (Fsp3) is 0.300. The maximum absolute atomic E-state index is 10.3. The molecule has 0 radical (unpaired) electrons. The molecule has 2 aromatic carbocycles. The Morgan fingerprint density at radius 1 is 0.792 bits per heavy atom. The molecular weight excluding hydrogens is 304 g/mol. The number of ether oxygens (including phenoxy) is 1. The normalized spacial score (nSPS) is 29.6. The quantitative estimate of drug-likeness (QED) is 0.698. The molecule has 124 valence electrons. The van der Waals surface area contributed by atoms with E-state index in [1.807, 2.05) is 54.6 Å². The number of hydrogen-bond donors (Lipinski definition) is 3. The van der Waals surface area contributed by atoms with Crippen molar-refractivity contribution < 1.29 is 20.1 Å². The van der Waals surface area contributed by atoms with Crippen molar-refractivity contribution in [1.29, 1.82) is 0 Å². The van der Waals surface area contributed by atoms with Crippen LogP contribution in [0.5, 0.6) is 0 Å². The summed E-state index contributed by atoms with van der Waals surface area (Å²) in [5, 5.41) is 30.2. The highest BCUT2D eigenvalue weighted by atomic mass is 16.5. The van der Waals surface area contributed by atoms with E-state index >= 15 is 0 Å². The van der Waals surface area contributed by atoms with E-state index in [1.54, 1.807) is 6.92 Å². The molecule has 4 nitrogen and oxygen atoms in total. The monoisotopic (exact) mass is 324 g/mol. The molecule has 1 aliphatic rings. The van der Waals surface area contributed by atoms with E-state index in [0.717, 1.165) is 11.1 Å². The van der Waals surface area contributed by atoms with Gasteiger partial charge in [0.25, 0.3) is 0 Å². The molecule has 2 aromatic rings. The third kappa shape index (κ3) is 3.35. The Bertz CT molecular complexity index is 747. The first-order valence-electron chi connectivity index (χ1n) is 7.93. The molecule has 0 saturated carbocycles. The molecule has 1 saturated heterocycles. The second-order valence-corrected chi connectivity index (χ2v) is 5.94. The van der Waals surface area contributed by atoms with Crippen LogP contribution >= 0.6 is 0 Å². The minimum Gasteiger partial charge on any atom is -0.388 e. The van der Waals surface area contributed by atoms with Crippen LogP contribution in [0.2, 0.25) is 0 Å².